The van der Waals surface area contributed by atoms with Crippen LogP contribution in [0.2, 0.25) is 0 Å². The molecule has 0 aromatic rings. The lowest BCUT2D eigenvalue weighted by Crippen LogP contribution is -2.47. The lowest BCUT2D eigenvalue weighted by Gasteiger charge is -2.33. The second-order valence-electron chi connectivity index (χ2n) is 9.56. The molecule has 3 fully saturated rings. The number of hydrogen-bond donors (Lipinski definition) is 1. The van der Waals surface area contributed by atoms with Gasteiger partial charge in [-0.3, -0.25) is 9.59 Å². The average Bonchev–Trinajstić information content (AvgIpc) is 3.34. The van der Waals surface area contributed by atoms with Gasteiger partial charge in [0, 0.05) is 39.1 Å². The molecule has 0 radical (unpaired) electrons. The van der Waals surface area contributed by atoms with Crippen LogP contribution in [0.1, 0.15) is 53.4 Å². The summed E-state index contributed by atoms with van der Waals surface area (Å²) in [6.45, 7) is 13.9. The molecular weight excluding hydrogens is 326 g/mol. The SMILES string of the molecule is CC(C)C1CCN(C(=O)CC2(C(=O)N3CCC(C(C)C)C3)CCNC2)C1. The molecule has 5 nitrogen and oxygen atoms in total. The lowest BCUT2D eigenvalue weighted by atomic mass is 9.81. The van der Waals surface area contributed by atoms with Crippen molar-refractivity contribution in [2.45, 2.75) is 53.4 Å². The Hall–Kier alpha value is -1.10. The first kappa shape index (κ1) is 19.7. The van der Waals surface area contributed by atoms with Gasteiger partial charge in [0.25, 0.3) is 0 Å². The zero-order chi connectivity index (χ0) is 18.9. The van der Waals surface area contributed by atoms with Crippen LogP contribution in [0, 0.1) is 29.1 Å². The second kappa shape index (κ2) is 7.87. The van der Waals surface area contributed by atoms with E-state index in [-0.39, 0.29) is 11.8 Å². The molecule has 0 saturated carbocycles. The van der Waals surface area contributed by atoms with Crippen LogP contribution in [0.5, 0.6) is 0 Å². The highest BCUT2D eigenvalue weighted by molar-refractivity contribution is 5.90. The van der Waals surface area contributed by atoms with Crippen LogP contribution in [-0.2, 0) is 9.59 Å². The number of hydrogen-bond acceptors (Lipinski definition) is 3. The van der Waals surface area contributed by atoms with Crippen molar-refractivity contribution in [3.8, 4) is 0 Å². The molecule has 0 aliphatic carbocycles. The number of nitrogens with one attached hydrogen (secondary N) is 1. The minimum Gasteiger partial charge on any atom is -0.342 e. The van der Waals surface area contributed by atoms with Crippen LogP contribution < -0.4 is 5.32 Å². The summed E-state index contributed by atoms with van der Waals surface area (Å²) in [7, 11) is 0. The predicted molar refractivity (Wildman–Crippen MR) is 104 cm³/mol. The monoisotopic (exact) mass is 363 g/mol. The number of nitrogens with zero attached hydrogens (tertiary/aromatic N) is 2. The van der Waals surface area contributed by atoms with Gasteiger partial charge in [0.1, 0.15) is 0 Å². The van der Waals surface area contributed by atoms with Gasteiger partial charge in [0.15, 0.2) is 0 Å². The minimum absolute atomic E-state index is 0.185. The van der Waals surface area contributed by atoms with Crippen molar-refractivity contribution in [1.82, 2.24) is 15.1 Å². The van der Waals surface area contributed by atoms with Crippen LogP contribution in [-0.4, -0.2) is 60.9 Å². The third-order valence-electron chi connectivity index (χ3n) is 7.16. The van der Waals surface area contributed by atoms with Gasteiger partial charge >= 0.3 is 0 Å². The number of rotatable bonds is 5. The molecular formula is C21H37N3O2. The molecule has 3 unspecified atom stereocenters. The first-order chi connectivity index (χ1) is 12.3. The molecule has 5 heteroatoms. The molecule has 3 saturated heterocycles. The molecule has 3 rings (SSSR count). The lowest BCUT2D eigenvalue weighted by molar-refractivity contribution is -0.146. The average molecular weight is 364 g/mol. The van der Waals surface area contributed by atoms with E-state index in [9.17, 15) is 9.59 Å². The van der Waals surface area contributed by atoms with Crippen LogP contribution in [0.4, 0.5) is 0 Å². The maximum absolute atomic E-state index is 13.4. The summed E-state index contributed by atoms with van der Waals surface area (Å²) in [6, 6.07) is 0. The van der Waals surface area contributed by atoms with E-state index < -0.39 is 5.41 Å². The Morgan fingerprint density at radius 3 is 2.08 bits per heavy atom. The van der Waals surface area contributed by atoms with Crippen molar-refractivity contribution in [2.24, 2.45) is 29.1 Å². The van der Waals surface area contributed by atoms with E-state index in [0.717, 1.165) is 52.0 Å². The van der Waals surface area contributed by atoms with Crippen LogP contribution in [0.3, 0.4) is 0 Å². The van der Waals surface area contributed by atoms with Crippen molar-refractivity contribution in [3.63, 3.8) is 0 Å². The van der Waals surface area contributed by atoms with Crippen molar-refractivity contribution in [1.29, 1.82) is 0 Å². The molecule has 0 aromatic heterocycles. The van der Waals surface area contributed by atoms with Crippen molar-refractivity contribution in [2.75, 3.05) is 39.3 Å². The Labute approximate surface area is 158 Å². The molecule has 3 atom stereocenters. The standard InChI is InChI=1S/C21H37N3O2/c1-15(2)17-5-9-23(12-17)19(25)11-21(7-8-22-14-21)20(26)24-10-6-18(13-24)16(3)4/h15-18,22H,5-14H2,1-4H3. The number of likely N-dealkylation sites (tertiary alicyclic amines) is 2. The van der Waals surface area contributed by atoms with Gasteiger partial charge in [-0.05, 0) is 49.5 Å². The molecule has 1 N–H and O–H groups in total. The fourth-order valence-corrected chi connectivity index (χ4v) is 4.96. The Kier molecular flexibility index (Phi) is 5.95. The maximum Gasteiger partial charge on any atom is 0.230 e. The first-order valence-electron chi connectivity index (χ1n) is 10.6. The van der Waals surface area contributed by atoms with Crippen LogP contribution in [0.15, 0.2) is 0 Å². The Morgan fingerprint density at radius 2 is 1.58 bits per heavy atom. The largest absolute Gasteiger partial charge is 0.342 e. The van der Waals surface area contributed by atoms with Gasteiger partial charge in [0.05, 0.1) is 5.41 Å². The summed E-state index contributed by atoms with van der Waals surface area (Å²) in [4.78, 5) is 30.4. The molecule has 3 aliphatic rings. The highest BCUT2D eigenvalue weighted by atomic mass is 16.2. The zero-order valence-corrected chi connectivity index (χ0v) is 17.1. The van der Waals surface area contributed by atoms with Crippen molar-refractivity contribution in [3.05, 3.63) is 0 Å². The van der Waals surface area contributed by atoms with E-state index in [0.29, 0.717) is 36.6 Å². The Bertz CT molecular complexity index is 525. The van der Waals surface area contributed by atoms with E-state index in [4.69, 9.17) is 0 Å². The Balaban J connectivity index is 1.65. The summed E-state index contributed by atoms with van der Waals surface area (Å²) in [5.41, 5.74) is -0.515. The third kappa shape index (κ3) is 3.92. The molecule has 3 heterocycles. The summed E-state index contributed by atoms with van der Waals surface area (Å²) in [5, 5.41) is 3.36. The molecule has 0 spiro atoms. The first-order valence-corrected chi connectivity index (χ1v) is 10.6. The molecule has 26 heavy (non-hydrogen) atoms. The van der Waals surface area contributed by atoms with Gasteiger partial charge in [0.2, 0.25) is 11.8 Å². The minimum atomic E-state index is -0.515. The fraction of sp³-hybridized carbons (Fsp3) is 0.905. The van der Waals surface area contributed by atoms with E-state index in [1.165, 1.54) is 0 Å². The number of amides is 2. The number of carbonyl (C=O) groups is 2. The molecule has 148 valence electrons. The van der Waals surface area contributed by atoms with Gasteiger partial charge in [-0.15, -0.1) is 0 Å². The normalized spacial score (nSPS) is 32.2. The smallest absolute Gasteiger partial charge is 0.230 e. The Morgan fingerprint density at radius 1 is 1.00 bits per heavy atom. The van der Waals surface area contributed by atoms with E-state index in [2.05, 4.69) is 33.0 Å². The highest BCUT2D eigenvalue weighted by Gasteiger charge is 2.47. The maximum atomic E-state index is 13.4. The summed E-state index contributed by atoms with van der Waals surface area (Å²) < 4.78 is 0. The van der Waals surface area contributed by atoms with Gasteiger partial charge in [-0.2, -0.15) is 0 Å². The van der Waals surface area contributed by atoms with E-state index in [1.54, 1.807) is 0 Å². The third-order valence-corrected chi connectivity index (χ3v) is 7.16. The van der Waals surface area contributed by atoms with E-state index in [1.807, 2.05) is 9.80 Å². The predicted octanol–water partition coefficient (Wildman–Crippen LogP) is 2.37. The topological polar surface area (TPSA) is 52.7 Å². The fourth-order valence-electron chi connectivity index (χ4n) is 4.96. The molecule has 2 amide bonds. The van der Waals surface area contributed by atoms with Gasteiger partial charge < -0.3 is 15.1 Å². The van der Waals surface area contributed by atoms with Gasteiger partial charge in [-0.1, -0.05) is 27.7 Å². The van der Waals surface area contributed by atoms with Crippen molar-refractivity contribution < 1.29 is 9.59 Å². The highest BCUT2D eigenvalue weighted by Crippen LogP contribution is 2.36. The van der Waals surface area contributed by atoms with E-state index >= 15 is 0 Å². The van der Waals surface area contributed by atoms with Crippen molar-refractivity contribution >= 4 is 11.8 Å². The zero-order valence-electron chi connectivity index (χ0n) is 17.1. The molecule has 0 bridgehead atoms. The summed E-state index contributed by atoms with van der Waals surface area (Å²) >= 11 is 0. The van der Waals surface area contributed by atoms with Crippen LogP contribution in [0.25, 0.3) is 0 Å². The van der Waals surface area contributed by atoms with Gasteiger partial charge in [-0.25, -0.2) is 0 Å². The number of carbonyl (C=O) groups excluding carboxylic acids is 2. The molecule has 3 aliphatic heterocycles. The van der Waals surface area contributed by atoms with Crippen LogP contribution >= 0.6 is 0 Å². The summed E-state index contributed by atoms with van der Waals surface area (Å²) in [5.74, 6) is 2.85. The second-order valence-corrected chi connectivity index (χ2v) is 9.56. The molecule has 0 aromatic carbocycles. The summed E-state index contributed by atoms with van der Waals surface area (Å²) in [6.07, 6.45) is 3.38. The quantitative estimate of drug-likeness (QED) is 0.816.